The molecule has 0 saturated carbocycles. The van der Waals surface area contributed by atoms with Crippen molar-refractivity contribution in [3.05, 3.63) is 35.8 Å². The highest BCUT2D eigenvalue weighted by molar-refractivity contribution is 5.99. The van der Waals surface area contributed by atoms with Gasteiger partial charge in [0.15, 0.2) is 0 Å². The van der Waals surface area contributed by atoms with Gasteiger partial charge >= 0.3 is 11.9 Å². The number of rotatable bonds is 5. The predicted molar refractivity (Wildman–Crippen MR) is 90.5 cm³/mol. The average molecular weight is 331 g/mol. The monoisotopic (exact) mass is 331 g/mol. The zero-order valence-corrected chi connectivity index (χ0v) is 14.4. The summed E-state index contributed by atoms with van der Waals surface area (Å²) in [4.78, 5) is 27.8. The highest BCUT2D eigenvalue weighted by atomic mass is 16.5. The fraction of sp³-hybridized carbons (Fsp3) is 0.353. The van der Waals surface area contributed by atoms with Crippen LogP contribution in [0.25, 0.3) is 11.0 Å². The zero-order valence-electron chi connectivity index (χ0n) is 14.4. The SMILES string of the molecule is COC(=O)/C=C(/Nc1ccc2c(c1)nc(C(C)C)n2C)C(=O)OC. The number of esters is 2. The molecular weight excluding hydrogens is 310 g/mol. The molecule has 0 atom stereocenters. The minimum absolute atomic E-state index is 0.0104. The maximum Gasteiger partial charge on any atom is 0.354 e. The van der Waals surface area contributed by atoms with Crippen molar-refractivity contribution >= 4 is 28.7 Å². The summed E-state index contributed by atoms with van der Waals surface area (Å²) in [6.07, 6.45) is 1.05. The van der Waals surface area contributed by atoms with Crippen molar-refractivity contribution in [1.29, 1.82) is 0 Å². The molecule has 0 unspecified atom stereocenters. The van der Waals surface area contributed by atoms with Crippen molar-refractivity contribution in [3.8, 4) is 0 Å². The number of nitrogens with zero attached hydrogens (tertiary/aromatic N) is 2. The van der Waals surface area contributed by atoms with Crippen LogP contribution in [0, 0.1) is 0 Å². The van der Waals surface area contributed by atoms with Gasteiger partial charge < -0.3 is 19.4 Å². The Bertz CT molecular complexity index is 806. The van der Waals surface area contributed by atoms with Gasteiger partial charge in [-0.2, -0.15) is 0 Å². The van der Waals surface area contributed by atoms with Gasteiger partial charge in [0.05, 0.1) is 31.3 Å². The van der Waals surface area contributed by atoms with E-state index >= 15 is 0 Å². The van der Waals surface area contributed by atoms with E-state index in [4.69, 9.17) is 0 Å². The molecule has 24 heavy (non-hydrogen) atoms. The maximum absolute atomic E-state index is 11.8. The Hall–Kier alpha value is -2.83. The number of benzene rings is 1. The van der Waals surface area contributed by atoms with Crippen molar-refractivity contribution in [2.24, 2.45) is 7.05 Å². The van der Waals surface area contributed by atoms with E-state index in [9.17, 15) is 9.59 Å². The summed E-state index contributed by atoms with van der Waals surface area (Å²) >= 11 is 0. The summed E-state index contributed by atoms with van der Waals surface area (Å²) in [6.45, 7) is 4.16. The van der Waals surface area contributed by atoms with E-state index in [2.05, 4.69) is 33.6 Å². The van der Waals surface area contributed by atoms with Crippen molar-refractivity contribution in [2.75, 3.05) is 19.5 Å². The summed E-state index contributed by atoms with van der Waals surface area (Å²) in [5.74, 6) is -0.0441. The molecule has 1 N–H and O–H groups in total. The molecule has 2 aromatic rings. The first-order valence-corrected chi connectivity index (χ1v) is 7.48. The van der Waals surface area contributed by atoms with Gasteiger partial charge in [0.1, 0.15) is 11.5 Å². The standard InChI is InChI=1S/C17H21N3O4/c1-10(2)16-19-12-8-11(6-7-14(12)20(16)3)18-13(17(22)24-5)9-15(21)23-4/h6-10,18H,1-5H3/b13-9+. The molecule has 7 heteroatoms. The molecule has 0 fully saturated rings. The predicted octanol–water partition coefficient (Wildman–Crippen LogP) is 2.34. The lowest BCUT2D eigenvalue weighted by Crippen LogP contribution is -2.15. The summed E-state index contributed by atoms with van der Waals surface area (Å²) in [6, 6.07) is 5.53. The average Bonchev–Trinajstić information content (AvgIpc) is 2.90. The molecule has 128 valence electrons. The number of aryl methyl sites for hydroxylation is 1. The van der Waals surface area contributed by atoms with E-state index in [1.807, 2.05) is 29.8 Å². The summed E-state index contributed by atoms with van der Waals surface area (Å²) in [5, 5.41) is 2.88. The second kappa shape index (κ2) is 7.16. The largest absolute Gasteiger partial charge is 0.466 e. The Labute approximate surface area is 140 Å². The van der Waals surface area contributed by atoms with Crippen LogP contribution in [0.1, 0.15) is 25.6 Å². The summed E-state index contributed by atoms with van der Waals surface area (Å²) < 4.78 is 11.3. The number of imidazole rings is 1. The Morgan fingerprint density at radius 2 is 1.96 bits per heavy atom. The minimum atomic E-state index is -0.663. The van der Waals surface area contributed by atoms with Crippen molar-refractivity contribution in [2.45, 2.75) is 19.8 Å². The van der Waals surface area contributed by atoms with Crippen molar-refractivity contribution in [3.63, 3.8) is 0 Å². The molecule has 0 aliphatic rings. The molecule has 0 spiro atoms. The number of nitrogens with one attached hydrogen (secondary N) is 1. The van der Waals surface area contributed by atoms with Gasteiger partial charge in [-0.25, -0.2) is 14.6 Å². The highest BCUT2D eigenvalue weighted by Gasteiger charge is 2.15. The number of ether oxygens (including phenoxy) is 2. The third-order valence-electron chi connectivity index (χ3n) is 3.58. The zero-order chi connectivity index (χ0) is 17.9. The molecule has 0 bridgehead atoms. The van der Waals surface area contributed by atoms with Gasteiger partial charge in [0.25, 0.3) is 0 Å². The van der Waals surface area contributed by atoms with Gasteiger partial charge in [-0.15, -0.1) is 0 Å². The molecule has 0 aliphatic heterocycles. The Kier molecular flexibility index (Phi) is 5.23. The van der Waals surface area contributed by atoms with Crippen LogP contribution < -0.4 is 5.32 Å². The van der Waals surface area contributed by atoms with Crippen LogP contribution in [0.5, 0.6) is 0 Å². The second-order valence-electron chi connectivity index (χ2n) is 5.58. The smallest absolute Gasteiger partial charge is 0.354 e. The third kappa shape index (κ3) is 3.56. The fourth-order valence-electron chi connectivity index (χ4n) is 2.40. The number of carbonyl (C=O) groups is 2. The quantitative estimate of drug-likeness (QED) is 0.669. The van der Waals surface area contributed by atoms with Crippen LogP contribution in [0.3, 0.4) is 0 Å². The number of fused-ring (bicyclic) bond motifs is 1. The lowest BCUT2D eigenvalue weighted by molar-refractivity contribution is -0.138. The van der Waals surface area contributed by atoms with Gasteiger partial charge in [0, 0.05) is 18.7 Å². The number of aromatic nitrogens is 2. The van der Waals surface area contributed by atoms with E-state index in [1.165, 1.54) is 14.2 Å². The first-order valence-electron chi connectivity index (χ1n) is 7.48. The first-order chi connectivity index (χ1) is 11.4. The van der Waals surface area contributed by atoms with Crippen molar-refractivity contribution in [1.82, 2.24) is 9.55 Å². The third-order valence-corrected chi connectivity index (χ3v) is 3.58. The number of hydrogen-bond acceptors (Lipinski definition) is 6. The van der Waals surface area contributed by atoms with E-state index in [0.29, 0.717) is 11.6 Å². The van der Waals surface area contributed by atoms with E-state index in [0.717, 1.165) is 22.9 Å². The van der Waals surface area contributed by atoms with Crippen molar-refractivity contribution < 1.29 is 19.1 Å². The second-order valence-corrected chi connectivity index (χ2v) is 5.58. The normalized spacial score (nSPS) is 11.7. The molecule has 0 amide bonds. The minimum Gasteiger partial charge on any atom is -0.466 e. The van der Waals surface area contributed by atoms with E-state index in [1.54, 1.807) is 0 Å². The molecule has 0 radical (unpaired) electrons. The molecule has 7 nitrogen and oxygen atoms in total. The van der Waals surface area contributed by atoms with Crippen LogP contribution in [0.2, 0.25) is 0 Å². The molecule has 1 aromatic carbocycles. The summed E-state index contributed by atoms with van der Waals surface area (Å²) in [5.41, 5.74) is 2.40. The van der Waals surface area contributed by atoms with Crippen LogP contribution in [0.4, 0.5) is 5.69 Å². The molecular formula is C17H21N3O4. The molecule has 2 rings (SSSR count). The Morgan fingerprint density at radius 3 is 2.54 bits per heavy atom. The van der Waals surface area contributed by atoms with Gasteiger partial charge in [0.2, 0.25) is 0 Å². The van der Waals surface area contributed by atoms with Crippen LogP contribution in [-0.4, -0.2) is 35.7 Å². The molecule has 1 heterocycles. The van der Waals surface area contributed by atoms with Crippen LogP contribution in [-0.2, 0) is 26.1 Å². The molecule has 0 saturated heterocycles. The first kappa shape index (κ1) is 17.5. The Morgan fingerprint density at radius 1 is 1.25 bits per heavy atom. The van der Waals surface area contributed by atoms with Gasteiger partial charge in [-0.1, -0.05) is 13.8 Å². The van der Waals surface area contributed by atoms with Crippen LogP contribution >= 0.6 is 0 Å². The number of anilines is 1. The molecule has 0 aliphatic carbocycles. The number of carbonyl (C=O) groups excluding carboxylic acids is 2. The van der Waals surface area contributed by atoms with Crippen LogP contribution in [0.15, 0.2) is 30.0 Å². The topological polar surface area (TPSA) is 82.5 Å². The Balaban J connectivity index is 2.39. The number of methoxy groups -OCH3 is 2. The number of hydrogen-bond donors (Lipinski definition) is 1. The van der Waals surface area contributed by atoms with E-state index in [-0.39, 0.29) is 5.70 Å². The summed E-state index contributed by atoms with van der Waals surface area (Å²) in [7, 11) is 4.45. The van der Waals surface area contributed by atoms with E-state index < -0.39 is 11.9 Å². The lowest BCUT2D eigenvalue weighted by atomic mass is 10.2. The lowest BCUT2D eigenvalue weighted by Gasteiger charge is -2.09. The highest BCUT2D eigenvalue weighted by Crippen LogP contribution is 2.24. The molecule has 1 aromatic heterocycles. The van der Waals surface area contributed by atoms with Gasteiger partial charge in [-0.05, 0) is 18.2 Å². The fourth-order valence-corrected chi connectivity index (χ4v) is 2.40. The maximum atomic E-state index is 11.8. The van der Waals surface area contributed by atoms with Gasteiger partial charge in [-0.3, -0.25) is 0 Å².